The Morgan fingerprint density at radius 1 is 0.677 bits per heavy atom. The van der Waals surface area contributed by atoms with E-state index in [0.717, 1.165) is 25.7 Å². The molecule has 0 bridgehead atoms. The van der Waals surface area contributed by atoms with Gasteiger partial charge in [-0.15, -0.1) is 0 Å². The largest absolute Gasteiger partial charge is 0.391 e. The standard InChI is InChI=1S/C44H77N7O11/c1-8-9-10-11-12-13-14-15-16-17-18-20-33(55)24-32(23-27(2)3)40(58)50-38(31(7)54)44(62)51-22-19-21-35(51)42(60)49-37(30(6)53)43(61)47-29(5)39(57)48-34(25-36(45)56)41(59)46-28(4)26-52/h26-32,34-35,37-38,53-54H,8-25H2,1-7H3,(H2,45,56)(H,46,59)(H,47,61)(H,48,57)(H,49,60)(H,50,58)/t28?,29-,30?,31?,32+,34-,35+,37-,38-/m0/s1. The minimum atomic E-state index is -1.61. The van der Waals surface area contributed by atoms with Crippen LogP contribution < -0.4 is 32.3 Å². The number of nitrogens with zero attached hydrogens (tertiary/aromatic N) is 1. The van der Waals surface area contributed by atoms with Crippen molar-refractivity contribution in [2.24, 2.45) is 17.6 Å². The van der Waals surface area contributed by atoms with E-state index in [9.17, 15) is 53.4 Å². The van der Waals surface area contributed by atoms with E-state index in [1.165, 1.54) is 77.5 Å². The number of hydrogen-bond donors (Lipinski definition) is 8. The number of amides is 7. The summed E-state index contributed by atoms with van der Waals surface area (Å²) < 4.78 is 0. The SMILES string of the molecule is CCCCCCCCCCCCCC(=O)C[C@@H](CC(C)C)C(=O)N[C@H](C(=O)N1CCC[C@@H]1C(=O)N[C@H](C(=O)N[C@@H](C)C(=O)N[C@@H](CC(N)=O)C(=O)NC(C)C=O)C(C)O)C(C)O. The summed E-state index contributed by atoms with van der Waals surface area (Å²) in [6.45, 7) is 11.4. The van der Waals surface area contributed by atoms with Gasteiger partial charge in [-0.05, 0) is 59.3 Å². The van der Waals surface area contributed by atoms with Crippen LogP contribution in [-0.4, -0.2) is 124 Å². The third-order valence-corrected chi connectivity index (χ3v) is 11.0. The highest BCUT2D eigenvalue weighted by molar-refractivity contribution is 5.98. The second-order valence-electron chi connectivity index (χ2n) is 17.4. The van der Waals surface area contributed by atoms with E-state index in [0.29, 0.717) is 25.5 Å². The van der Waals surface area contributed by atoms with Crippen molar-refractivity contribution in [1.82, 2.24) is 31.5 Å². The Bertz CT molecular complexity index is 1470. The van der Waals surface area contributed by atoms with Crippen molar-refractivity contribution in [3.63, 3.8) is 0 Å². The average Bonchev–Trinajstić information content (AvgIpc) is 3.69. The number of unbranched alkanes of at least 4 members (excludes halogenated alkanes) is 10. The number of aldehydes is 1. The van der Waals surface area contributed by atoms with Gasteiger partial charge in [-0.25, -0.2) is 0 Å². The number of ketones is 1. The van der Waals surface area contributed by atoms with Crippen LogP contribution in [0.3, 0.4) is 0 Å². The van der Waals surface area contributed by atoms with Gasteiger partial charge in [0.15, 0.2) is 0 Å². The Kier molecular flexibility index (Phi) is 26.7. The van der Waals surface area contributed by atoms with E-state index in [1.807, 2.05) is 13.8 Å². The molecular formula is C44H77N7O11. The summed E-state index contributed by atoms with van der Waals surface area (Å²) in [7, 11) is 0. The van der Waals surface area contributed by atoms with Crippen molar-refractivity contribution in [2.45, 2.75) is 206 Å². The lowest BCUT2D eigenvalue weighted by Crippen LogP contribution is -2.61. The van der Waals surface area contributed by atoms with Crippen LogP contribution in [0.5, 0.6) is 0 Å². The maximum Gasteiger partial charge on any atom is 0.248 e. The summed E-state index contributed by atoms with van der Waals surface area (Å²) in [5, 5.41) is 33.3. The fraction of sp³-hybridized carbons (Fsp3) is 0.795. The molecule has 18 nitrogen and oxygen atoms in total. The Balaban J connectivity index is 2.91. The van der Waals surface area contributed by atoms with Crippen LogP contribution >= 0.6 is 0 Å². The first kappa shape index (κ1) is 55.6. The van der Waals surface area contributed by atoms with Crippen molar-refractivity contribution in [1.29, 1.82) is 0 Å². The summed E-state index contributed by atoms with van der Waals surface area (Å²) >= 11 is 0. The van der Waals surface area contributed by atoms with E-state index >= 15 is 0 Å². The van der Waals surface area contributed by atoms with Gasteiger partial charge in [-0.1, -0.05) is 85.0 Å². The highest BCUT2D eigenvalue weighted by atomic mass is 16.3. The van der Waals surface area contributed by atoms with Gasteiger partial charge in [0.25, 0.3) is 0 Å². The minimum Gasteiger partial charge on any atom is -0.391 e. The maximum atomic E-state index is 13.9. The van der Waals surface area contributed by atoms with Crippen molar-refractivity contribution >= 4 is 53.4 Å². The molecule has 0 aromatic rings. The van der Waals surface area contributed by atoms with Gasteiger partial charge in [0.1, 0.15) is 42.3 Å². The van der Waals surface area contributed by atoms with Gasteiger partial charge in [-0.2, -0.15) is 0 Å². The zero-order valence-corrected chi connectivity index (χ0v) is 38.2. The first-order valence-electron chi connectivity index (χ1n) is 22.7. The molecule has 0 radical (unpaired) electrons. The molecule has 0 aromatic carbocycles. The fourth-order valence-corrected chi connectivity index (χ4v) is 7.45. The number of carbonyl (C=O) groups is 9. The first-order valence-corrected chi connectivity index (χ1v) is 22.7. The lowest BCUT2D eigenvalue weighted by Gasteiger charge is -2.32. The lowest BCUT2D eigenvalue weighted by atomic mass is 9.90. The van der Waals surface area contributed by atoms with Gasteiger partial charge in [-0.3, -0.25) is 38.4 Å². The van der Waals surface area contributed by atoms with Gasteiger partial charge >= 0.3 is 0 Å². The molecular weight excluding hydrogens is 803 g/mol. The van der Waals surface area contributed by atoms with Crippen molar-refractivity contribution in [3.05, 3.63) is 0 Å². The fourth-order valence-electron chi connectivity index (χ4n) is 7.45. The van der Waals surface area contributed by atoms with E-state index in [2.05, 4.69) is 33.5 Å². The number of carbonyl (C=O) groups excluding carboxylic acids is 9. The van der Waals surface area contributed by atoms with Gasteiger partial charge in [0, 0.05) is 25.3 Å². The number of aliphatic hydroxyl groups is 2. The van der Waals surface area contributed by atoms with Crippen LogP contribution in [0.25, 0.3) is 0 Å². The summed E-state index contributed by atoms with van der Waals surface area (Å²) in [5.41, 5.74) is 5.22. The molecule has 0 aliphatic carbocycles. The quantitative estimate of drug-likeness (QED) is 0.0355. The highest BCUT2D eigenvalue weighted by Crippen LogP contribution is 2.22. The molecule has 1 saturated heterocycles. The molecule has 18 heteroatoms. The first-order chi connectivity index (χ1) is 29.2. The van der Waals surface area contributed by atoms with Crippen LogP contribution in [0.15, 0.2) is 0 Å². The van der Waals surface area contributed by atoms with Crippen molar-refractivity contribution < 1.29 is 53.4 Å². The molecule has 7 amide bonds. The van der Waals surface area contributed by atoms with Gasteiger partial charge < -0.3 is 52.2 Å². The highest BCUT2D eigenvalue weighted by Gasteiger charge is 2.41. The number of primary amides is 1. The van der Waals surface area contributed by atoms with Crippen LogP contribution in [0.4, 0.5) is 0 Å². The van der Waals surface area contributed by atoms with Crippen molar-refractivity contribution in [2.75, 3.05) is 6.54 Å². The number of Topliss-reactive ketones (excluding diaryl/α,β-unsaturated/α-hetero) is 1. The Hall–Kier alpha value is -4.45. The number of hydrogen-bond acceptors (Lipinski definition) is 11. The summed E-state index contributed by atoms with van der Waals surface area (Å²) in [5.74, 6) is -6.49. The van der Waals surface area contributed by atoms with Gasteiger partial charge in [0.2, 0.25) is 41.4 Å². The second kappa shape index (κ2) is 29.8. The molecule has 354 valence electrons. The zero-order chi connectivity index (χ0) is 46.9. The van der Waals surface area contributed by atoms with Crippen LogP contribution in [0, 0.1) is 11.8 Å². The third kappa shape index (κ3) is 21.1. The van der Waals surface area contributed by atoms with E-state index in [4.69, 9.17) is 5.73 Å². The number of aliphatic hydroxyl groups excluding tert-OH is 2. The molecule has 1 fully saturated rings. The van der Waals surface area contributed by atoms with Gasteiger partial charge in [0.05, 0.1) is 24.7 Å². The smallest absolute Gasteiger partial charge is 0.248 e. The molecule has 0 aromatic heterocycles. The summed E-state index contributed by atoms with van der Waals surface area (Å²) in [6, 6.07) is -7.95. The number of likely N-dealkylation sites (tertiary alicyclic amines) is 1. The predicted octanol–water partition coefficient (Wildman–Crippen LogP) is 1.60. The molecule has 0 spiro atoms. The lowest BCUT2D eigenvalue weighted by molar-refractivity contribution is -0.145. The number of rotatable bonds is 32. The molecule has 1 aliphatic rings. The van der Waals surface area contributed by atoms with Crippen LogP contribution in [0.1, 0.15) is 158 Å². The molecule has 62 heavy (non-hydrogen) atoms. The summed E-state index contributed by atoms with van der Waals surface area (Å²) in [4.78, 5) is 117. The summed E-state index contributed by atoms with van der Waals surface area (Å²) in [6.07, 6.45) is 11.0. The second-order valence-corrected chi connectivity index (χ2v) is 17.4. The minimum absolute atomic E-state index is 0.00425. The topological polar surface area (TPSA) is 284 Å². The van der Waals surface area contributed by atoms with Crippen molar-refractivity contribution in [3.8, 4) is 0 Å². The van der Waals surface area contributed by atoms with E-state index < -0.39 is 102 Å². The Morgan fingerprint density at radius 3 is 1.76 bits per heavy atom. The number of nitrogens with two attached hydrogens (primary N) is 1. The maximum absolute atomic E-state index is 13.9. The molecule has 1 rings (SSSR count). The predicted molar refractivity (Wildman–Crippen MR) is 233 cm³/mol. The molecule has 1 aliphatic heterocycles. The van der Waals surface area contributed by atoms with Crippen LogP contribution in [0.2, 0.25) is 0 Å². The monoisotopic (exact) mass is 880 g/mol. The molecule has 0 saturated carbocycles. The molecule has 3 unspecified atom stereocenters. The van der Waals surface area contributed by atoms with E-state index in [-0.39, 0.29) is 31.1 Å². The normalized spacial score (nSPS) is 17.6. The van der Waals surface area contributed by atoms with E-state index in [1.54, 1.807) is 0 Å². The van der Waals surface area contributed by atoms with Crippen LogP contribution in [-0.2, 0) is 43.2 Å². The molecule has 9 atom stereocenters. The Morgan fingerprint density at radius 2 is 1.24 bits per heavy atom. The average molecular weight is 880 g/mol. The molecule has 1 heterocycles. The zero-order valence-electron chi connectivity index (χ0n) is 38.2. The Labute approximate surface area is 367 Å². The molecule has 9 N–H and O–H groups in total. The number of nitrogens with one attached hydrogen (secondary N) is 5. The third-order valence-electron chi connectivity index (χ3n) is 11.0.